The van der Waals surface area contributed by atoms with E-state index in [1.807, 2.05) is 0 Å². The molecule has 6 heteroatoms. The van der Waals surface area contributed by atoms with Crippen LogP contribution in [-0.2, 0) is 4.74 Å². The average Bonchev–Trinajstić information content (AvgIpc) is 2.15. The van der Waals surface area contributed by atoms with E-state index in [0.29, 0.717) is 0 Å². The Hall–Kier alpha value is -1.98. The first-order valence-corrected chi connectivity index (χ1v) is 3.76. The fraction of sp³-hybridized carbons (Fsp3) is 0.250. The van der Waals surface area contributed by atoms with Gasteiger partial charge in [-0.15, -0.1) is 0 Å². The van der Waals surface area contributed by atoms with E-state index in [0.717, 1.165) is 0 Å². The van der Waals surface area contributed by atoms with Crippen LogP contribution < -0.4 is 0 Å². The van der Waals surface area contributed by atoms with Crippen molar-refractivity contribution in [3.63, 3.8) is 0 Å². The van der Waals surface area contributed by atoms with Crippen molar-refractivity contribution < 1.29 is 14.5 Å². The molecular formula is C8H8N2O4. The lowest BCUT2D eigenvalue weighted by atomic mass is 10.2. The number of aromatic nitrogens is 1. The van der Waals surface area contributed by atoms with Crippen molar-refractivity contribution in [2.75, 3.05) is 7.11 Å². The molecule has 1 aromatic rings. The van der Waals surface area contributed by atoms with Crippen LogP contribution in [0.25, 0.3) is 0 Å². The van der Waals surface area contributed by atoms with Crippen molar-refractivity contribution in [2.45, 2.75) is 6.92 Å². The van der Waals surface area contributed by atoms with Crippen molar-refractivity contribution in [3.05, 3.63) is 33.6 Å². The molecule has 0 fully saturated rings. The Morgan fingerprint density at radius 2 is 2.29 bits per heavy atom. The number of rotatable bonds is 2. The standard InChI is InChI=1S/C8H8N2O4/c1-5-7(10(12)13)6(3-4-9-5)8(11)14-2/h3-4H,1-2H3. The van der Waals surface area contributed by atoms with Crippen LogP contribution in [0, 0.1) is 17.0 Å². The Labute approximate surface area is 79.7 Å². The summed E-state index contributed by atoms with van der Waals surface area (Å²) >= 11 is 0. The van der Waals surface area contributed by atoms with Crippen LogP contribution in [0.1, 0.15) is 16.1 Å². The number of esters is 1. The molecule has 0 N–H and O–H groups in total. The van der Waals surface area contributed by atoms with Gasteiger partial charge in [0, 0.05) is 6.20 Å². The molecule has 0 atom stereocenters. The van der Waals surface area contributed by atoms with Crippen molar-refractivity contribution in [3.8, 4) is 0 Å². The highest BCUT2D eigenvalue weighted by molar-refractivity contribution is 5.94. The minimum Gasteiger partial charge on any atom is -0.465 e. The molecule has 74 valence electrons. The average molecular weight is 196 g/mol. The Kier molecular flexibility index (Phi) is 2.76. The zero-order valence-electron chi connectivity index (χ0n) is 7.68. The van der Waals surface area contributed by atoms with E-state index < -0.39 is 10.9 Å². The van der Waals surface area contributed by atoms with Gasteiger partial charge in [0.2, 0.25) is 0 Å². The van der Waals surface area contributed by atoms with Crippen LogP contribution in [-0.4, -0.2) is 23.0 Å². The maximum absolute atomic E-state index is 11.1. The van der Waals surface area contributed by atoms with Gasteiger partial charge >= 0.3 is 11.7 Å². The lowest BCUT2D eigenvalue weighted by molar-refractivity contribution is -0.386. The number of hydrogen-bond acceptors (Lipinski definition) is 5. The summed E-state index contributed by atoms with van der Waals surface area (Å²) < 4.78 is 4.41. The Balaban J connectivity index is 3.35. The second-order valence-corrected chi connectivity index (χ2v) is 2.54. The minimum atomic E-state index is -0.734. The van der Waals surface area contributed by atoms with Crippen LogP contribution in [0.2, 0.25) is 0 Å². The molecule has 0 spiro atoms. The number of methoxy groups -OCH3 is 1. The molecule has 0 bridgehead atoms. The summed E-state index contributed by atoms with van der Waals surface area (Å²) in [6.45, 7) is 1.46. The molecule has 0 unspecified atom stereocenters. The third-order valence-corrected chi connectivity index (χ3v) is 1.70. The quantitative estimate of drug-likeness (QED) is 0.401. The van der Waals surface area contributed by atoms with Gasteiger partial charge in [0.25, 0.3) is 0 Å². The van der Waals surface area contributed by atoms with Gasteiger partial charge in [-0.05, 0) is 13.0 Å². The van der Waals surface area contributed by atoms with E-state index in [9.17, 15) is 14.9 Å². The topological polar surface area (TPSA) is 82.3 Å². The van der Waals surface area contributed by atoms with E-state index in [4.69, 9.17) is 0 Å². The summed E-state index contributed by atoms with van der Waals surface area (Å²) in [4.78, 5) is 24.8. The smallest absolute Gasteiger partial charge is 0.345 e. The second-order valence-electron chi connectivity index (χ2n) is 2.54. The molecular weight excluding hydrogens is 188 g/mol. The van der Waals surface area contributed by atoms with Crippen molar-refractivity contribution in [1.29, 1.82) is 0 Å². The van der Waals surface area contributed by atoms with E-state index in [1.165, 1.54) is 26.3 Å². The predicted octanol–water partition coefficient (Wildman–Crippen LogP) is 1.08. The van der Waals surface area contributed by atoms with Crippen LogP contribution in [0.5, 0.6) is 0 Å². The molecule has 0 saturated carbocycles. The molecule has 1 heterocycles. The molecule has 0 amide bonds. The van der Waals surface area contributed by atoms with E-state index in [2.05, 4.69) is 9.72 Å². The predicted molar refractivity (Wildman–Crippen MR) is 47.0 cm³/mol. The lowest BCUT2D eigenvalue weighted by Crippen LogP contribution is -2.07. The Morgan fingerprint density at radius 3 is 2.79 bits per heavy atom. The third-order valence-electron chi connectivity index (χ3n) is 1.70. The zero-order chi connectivity index (χ0) is 10.7. The van der Waals surface area contributed by atoms with Crippen molar-refractivity contribution >= 4 is 11.7 Å². The highest BCUT2D eigenvalue weighted by Gasteiger charge is 2.23. The molecule has 6 nitrogen and oxygen atoms in total. The van der Waals surface area contributed by atoms with Crippen LogP contribution in [0.4, 0.5) is 5.69 Å². The first-order chi connectivity index (χ1) is 6.57. The van der Waals surface area contributed by atoms with Crippen LogP contribution >= 0.6 is 0 Å². The van der Waals surface area contributed by atoms with Crippen molar-refractivity contribution in [1.82, 2.24) is 4.98 Å². The molecule has 1 aromatic heterocycles. The van der Waals surface area contributed by atoms with Gasteiger partial charge in [0.15, 0.2) is 0 Å². The fourth-order valence-electron chi connectivity index (χ4n) is 1.06. The Morgan fingerprint density at radius 1 is 1.64 bits per heavy atom. The number of ether oxygens (including phenoxy) is 1. The molecule has 1 rings (SSSR count). The van der Waals surface area contributed by atoms with E-state index in [1.54, 1.807) is 0 Å². The van der Waals surface area contributed by atoms with Gasteiger partial charge < -0.3 is 4.74 Å². The molecule has 0 aliphatic carbocycles. The summed E-state index contributed by atoms with van der Waals surface area (Å²) in [6, 6.07) is 1.26. The minimum absolute atomic E-state index is 0.0787. The van der Waals surface area contributed by atoms with Gasteiger partial charge in [-0.2, -0.15) is 0 Å². The molecule has 0 saturated heterocycles. The number of nitrogens with zero attached hydrogens (tertiary/aromatic N) is 2. The number of carbonyl (C=O) groups is 1. The zero-order valence-corrected chi connectivity index (χ0v) is 7.68. The number of carbonyl (C=O) groups excluding carboxylic acids is 1. The molecule has 0 aliphatic rings. The molecule has 0 aromatic carbocycles. The lowest BCUT2D eigenvalue weighted by Gasteiger charge is -2.01. The van der Waals surface area contributed by atoms with Gasteiger partial charge in [-0.25, -0.2) is 4.79 Å². The van der Waals surface area contributed by atoms with Crippen LogP contribution in [0.15, 0.2) is 12.3 Å². The summed E-state index contributed by atoms with van der Waals surface area (Å²) in [6.07, 6.45) is 1.33. The van der Waals surface area contributed by atoms with Gasteiger partial charge in [0.05, 0.1) is 12.0 Å². The van der Waals surface area contributed by atoms with Crippen molar-refractivity contribution in [2.24, 2.45) is 0 Å². The molecule has 14 heavy (non-hydrogen) atoms. The van der Waals surface area contributed by atoms with Gasteiger partial charge in [-0.1, -0.05) is 0 Å². The van der Waals surface area contributed by atoms with Gasteiger partial charge in [-0.3, -0.25) is 15.1 Å². The largest absolute Gasteiger partial charge is 0.465 e. The van der Waals surface area contributed by atoms with E-state index >= 15 is 0 Å². The monoisotopic (exact) mass is 196 g/mol. The number of aryl methyl sites for hydroxylation is 1. The number of hydrogen-bond donors (Lipinski definition) is 0. The summed E-state index contributed by atoms with van der Waals surface area (Å²) in [5.41, 5.74) is -0.192. The first kappa shape index (κ1) is 10.1. The van der Waals surface area contributed by atoms with Gasteiger partial charge in [0.1, 0.15) is 11.3 Å². The summed E-state index contributed by atoms with van der Waals surface area (Å²) in [7, 11) is 1.17. The summed E-state index contributed by atoms with van der Waals surface area (Å²) in [5.74, 6) is -0.734. The highest BCUT2D eigenvalue weighted by atomic mass is 16.6. The molecule has 0 aliphatic heterocycles. The first-order valence-electron chi connectivity index (χ1n) is 3.76. The number of pyridine rings is 1. The Bertz CT molecular complexity index is 389. The molecule has 0 radical (unpaired) electrons. The highest BCUT2D eigenvalue weighted by Crippen LogP contribution is 2.21. The number of nitro groups is 1. The fourth-order valence-corrected chi connectivity index (χ4v) is 1.06. The maximum Gasteiger partial charge on any atom is 0.345 e. The SMILES string of the molecule is COC(=O)c1ccnc(C)c1[N+](=O)[O-]. The summed E-state index contributed by atoms with van der Waals surface area (Å²) in [5, 5.41) is 10.6. The normalized spacial score (nSPS) is 9.57. The third kappa shape index (κ3) is 1.68. The van der Waals surface area contributed by atoms with E-state index in [-0.39, 0.29) is 16.9 Å². The van der Waals surface area contributed by atoms with Crippen LogP contribution in [0.3, 0.4) is 0 Å². The maximum atomic E-state index is 11.1. The second kappa shape index (κ2) is 3.82.